The number of hydrogen-bond donors (Lipinski definition) is 1. The Morgan fingerprint density at radius 2 is 1.42 bits per heavy atom. The molecule has 0 saturated carbocycles. The molecule has 0 aliphatic rings. The number of aromatic nitrogens is 3. The summed E-state index contributed by atoms with van der Waals surface area (Å²) in [6.07, 6.45) is 1.62. The van der Waals surface area contributed by atoms with Crippen molar-refractivity contribution in [1.82, 2.24) is 15.0 Å². The Bertz CT molecular complexity index is 1510. The number of hydrogen-bond acceptors (Lipinski definition) is 5. The quantitative estimate of drug-likeness (QED) is 0.356. The molecule has 1 N–H and O–H groups in total. The van der Waals surface area contributed by atoms with Gasteiger partial charge in [0.25, 0.3) is 0 Å². The predicted octanol–water partition coefficient (Wildman–Crippen LogP) is 6.19. The summed E-state index contributed by atoms with van der Waals surface area (Å²) in [6.45, 7) is 0. The minimum Gasteiger partial charge on any atom is -0.497 e. The van der Waals surface area contributed by atoms with Gasteiger partial charge in [-0.2, -0.15) is 0 Å². The third-order valence-corrected chi connectivity index (χ3v) is 5.64. The second-order valence-corrected chi connectivity index (χ2v) is 7.42. The molecule has 0 bridgehead atoms. The highest BCUT2D eigenvalue weighted by molar-refractivity contribution is 6.25. The fourth-order valence-electron chi connectivity index (χ4n) is 4.18. The van der Waals surface area contributed by atoms with Crippen molar-refractivity contribution in [2.24, 2.45) is 0 Å². The molecule has 0 atom stereocenters. The highest BCUT2D eigenvalue weighted by Crippen LogP contribution is 2.40. The minimum absolute atomic E-state index is 0.808. The summed E-state index contributed by atoms with van der Waals surface area (Å²) in [6, 6.07) is 26.4. The molecule has 0 radical (unpaired) electrons. The van der Waals surface area contributed by atoms with Crippen LogP contribution in [0.5, 0.6) is 5.75 Å². The van der Waals surface area contributed by atoms with Crippen LogP contribution in [0.3, 0.4) is 0 Å². The fourth-order valence-corrected chi connectivity index (χ4v) is 4.18. The average molecular weight is 402 g/mol. The van der Waals surface area contributed by atoms with Crippen LogP contribution in [0.1, 0.15) is 0 Å². The normalized spacial score (nSPS) is 11.4. The first-order chi connectivity index (χ1) is 15.3. The Hall–Kier alpha value is -4.25. The number of rotatable bonds is 4. The summed E-state index contributed by atoms with van der Waals surface area (Å²) in [5.74, 6) is 1.63. The number of methoxy groups -OCH3 is 1. The molecule has 5 nitrogen and oxygen atoms in total. The van der Waals surface area contributed by atoms with E-state index in [-0.39, 0.29) is 0 Å². The second-order valence-electron chi connectivity index (χ2n) is 7.42. The van der Waals surface area contributed by atoms with E-state index >= 15 is 0 Å². The van der Waals surface area contributed by atoms with Gasteiger partial charge in [-0.05, 0) is 60.7 Å². The molecule has 31 heavy (non-hydrogen) atoms. The molecule has 6 aromatic rings. The minimum atomic E-state index is 0.808. The van der Waals surface area contributed by atoms with E-state index in [1.54, 1.807) is 13.4 Å². The van der Waals surface area contributed by atoms with E-state index in [2.05, 4.69) is 27.4 Å². The molecule has 5 heteroatoms. The summed E-state index contributed by atoms with van der Waals surface area (Å²) in [5, 5.41) is 7.82. The summed E-state index contributed by atoms with van der Waals surface area (Å²) >= 11 is 0. The molecule has 4 aromatic carbocycles. The molecule has 0 aliphatic heterocycles. The maximum atomic E-state index is 5.34. The Morgan fingerprint density at radius 3 is 2.13 bits per heavy atom. The predicted molar refractivity (Wildman–Crippen MR) is 125 cm³/mol. The average Bonchev–Trinajstić information content (AvgIpc) is 2.84. The Morgan fingerprint density at radius 1 is 0.710 bits per heavy atom. The Labute approximate surface area is 178 Å². The van der Waals surface area contributed by atoms with Crippen molar-refractivity contribution < 1.29 is 4.74 Å². The lowest BCUT2D eigenvalue weighted by molar-refractivity contribution is 0.415. The van der Waals surface area contributed by atoms with Gasteiger partial charge in [-0.25, -0.2) is 15.0 Å². The van der Waals surface area contributed by atoms with Crippen LogP contribution in [-0.2, 0) is 0 Å². The molecule has 0 amide bonds. The van der Waals surface area contributed by atoms with E-state index < -0.39 is 0 Å². The topological polar surface area (TPSA) is 59.9 Å². The molecule has 2 aromatic heterocycles. The zero-order valence-corrected chi connectivity index (χ0v) is 16.8. The van der Waals surface area contributed by atoms with Crippen molar-refractivity contribution in [2.75, 3.05) is 12.4 Å². The molecule has 0 fully saturated rings. The van der Waals surface area contributed by atoms with Crippen molar-refractivity contribution in [1.29, 1.82) is 0 Å². The monoisotopic (exact) mass is 402 g/mol. The van der Waals surface area contributed by atoms with E-state index in [0.29, 0.717) is 0 Å². The van der Waals surface area contributed by atoms with Crippen LogP contribution >= 0.6 is 0 Å². The largest absolute Gasteiger partial charge is 0.497 e. The molecular weight excluding hydrogens is 384 g/mol. The highest BCUT2D eigenvalue weighted by atomic mass is 16.5. The van der Waals surface area contributed by atoms with Crippen molar-refractivity contribution in [3.8, 4) is 17.0 Å². The van der Waals surface area contributed by atoms with Gasteiger partial charge < -0.3 is 10.1 Å². The van der Waals surface area contributed by atoms with Crippen LogP contribution in [0.2, 0.25) is 0 Å². The van der Waals surface area contributed by atoms with Crippen LogP contribution < -0.4 is 10.1 Å². The lowest BCUT2D eigenvalue weighted by Gasteiger charge is -2.17. The summed E-state index contributed by atoms with van der Waals surface area (Å²) < 4.78 is 5.34. The fraction of sp³-hybridized carbons (Fsp3) is 0.0385. The third-order valence-electron chi connectivity index (χ3n) is 5.64. The van der Waals surface area contributed by atoms with E-state index in [0.717, 1.165) is 61.1 Å². The number of nitrogens with one attached hydrogen (secondary N) is 1. The molecule has 2 heterocycles. The van der Waals surface area contributed by atoms with Crippen molar-refractivity contribution >= 4 is 44.1 Å². The van der Waals surface area contributed by atoms with E-state index in [4.69, 9.17) is 9.72 Å². The molecule has 0 saturated heterocycles. The van der Waals surface area contributed by atoms with Gasteiger partial charge in [-0.15, -0.1) is 0 Å². The van der Waals surface area contributed by atoms with E-state index in [1.165, 1.54) is 0 Å². The zero-order valence-electron chi connectivity index (χ0n) is 16.8. The standard InChI is InChI=1S/C26H18N4O/c1-31-18-9-7-16(8-10-18)25-19-11-13-21-24-22(28-15-27-21)14-12-20(23(19)24)26(30-25)29-17-5-3-2-4-6-17/h2-15H,1H3,(H,29,30). The maximum Gasteiger partial charge on any atom is 0.139 e. The van der Waals surface area contributed by atoms with Gasteiger partial charge in [-0.3, -0.25) is 0 Å². The SMILES string of the molecule is COc1ccc(-c2nc(Nc3ccccc3)c3ccc4ncnc5ccc2c3c45)cc1. The first kappa shape index (κ1) is 17.6. The summed E-state index contributed by atoms with van der Waals surface area (Å²) in [4.78, 5) is 14.1. The third kappa shape index (κ3) is 2.82. The van der Waals surface area contributed by atoms with E-state index in [1.807, 2.05) is 66.7 Å². The first-order valence-corrected chi connectivity index (χ1v) is 10.1. The van der Waals surface area contributed by atoms with Crippen molar-refractivity contribution in [2.45, 2.75) is 0 Å². The van der Waals surface area contributed by atoms with Gasteiger partial charge in [0.05, 0.1) is 23.8 Å². The molecule has 0 unspecified atom stereocenters. The zero-order chi connectivity index (χ0) is 20.8. The van der Waals surface area contributed by atoms with Crippen LogP contribution in [0, 0.1) is 0 Å². The van der Waals surface area contributed by atoms with Crippen LogP contribution in [0.25, 0.3) is 43.8 Å². The van der Waals surface area contributed by atoms with Crippen LogP contribution in [0.4, 0.5) is 11.5 Å². The van der Waals surface area contributed by atoms with Gasteiger partial charge in [0.2, 0.25) is 0 Å². The van der Waals surface area contributed by atoms with Gasteiger partial charge in [0, 0.05) is 32.8 Å². The highest BCUT2D eigenvalue weighted by Gasteiger charge is 2.18. The van der Waals surface area contributed by atoms with E-state index in [9.17, 15) is 0 Å². The number of para-hydroxylation sites is 1. The Balaban J connectivity index is 1.70. The van der Waals surface area contributed by atoms with Crippen LogP contribution in [-0.4, -0.2) is 22.1 Å². The van der Waals surface area contributed by atoms with Gasteiger partial charge in [0.15, 0.2) is 0 Å². The lowest BCUT2D eigenvalue weighted by Crippen LogP contribution is -1.99. The summed E-state index contributed by atoms with van der Waals surface area (Å²) in [5.41, 5.74) is 4.78. The second kappa shape index (κ2) is 6.92. The molecule has 0 spiro atoms. The smallest absolute Gasteiger partial charge is 0.139 e. The van der Waals surface area contributed by atoms with Crippen LogP contribution in [0.15, 0.2) is 85.2 Å². The number of nitrogens with zero attached hydrogens (tertiary/aromatic N) is 3. The molecule has 148 valence electrons. The number of ether oxygens (including phenoxy) is 1. The van der Waals surface area contributed by atoms with Gasteiger partial charge >= 0.3 is 0 Å². The molecule has 6 rings (SSSR count). The number of pyridine rings is 1. The Kier molecular flexibility index (Phi) is 3.93. The first-order valence-electron chi connectivity index (χ1n) is 10.1. The lowest BCUT2D eigenvalue weighted by atomic mass is 9.95. The van der Waals surface area contributed by atoms with Crippen molar-refractivity contribution in [3.05, 3.63) is 85.2 Å². The van der Waals surface area contributed by atoms with Gasteiger partial charge in [-0.1, -0.05) is 18.2 Å². The van der Waals surface area contributed by atoms with Crippen molar-refractivity contribution in [3.63, 3.8) is 0 Å². The molecule has 0 aliphatic carbocycles. The number of anilines is 2. The van der Waals surface area contributed by atoms with Gasteiger partial charge in [0.1, 0.15) is 17.9 Å². The molecular formula is C26H18N4O. The summed E-state index contributed by atoms with van der Waals surface area (Å²) in [7, 11) is 1.67. The number of benzene rings is 4. The maximum absolute atomic E-state index is 5.34.